The summed E-state index contributed by atoms with van der Waals surface area (Å²) in [6, 6.07) is 3.36. The van der Waals surface area contributed by atoms with Crippen LogP contribution in [0.3, 0.4) is 0 Å². The first-order chi connectivity index (χ1) is 8.09. The minimum atomic E-state index is -0.531. The van der Waals surface area contributed by atoms with Crippen molar-refractivity contribution in [3.8, 4) is 5.75 Å². The summed E-state index contributed by atoms with van der Waals surface area (Å²) in [6.45, 7) is 5.62. The third-order valence-electron chi connectivity index (χ3n) is 2.05. The van der Waals surface area contributed by atoms with Gasteiger partial charge in [0.05, 0.1) is 6.61 Å². The number of nitrogens with zero attached hydrogens (tertiary/aromatic N) is 2. The maximum absolute atomic E-state index is 10.4. The highest BCUT2D eigenvalue weighted by Crippen LogP contribution is 2.13. The molecule has 0 atom stereocenters. The lowest BCUT2D eigenvalue weighted by molar-refractivity contribution is -0.389. The van der Waals surface area contributed by atoms with Gasteiger partial charge in [0.1, 0.15) is 0 Å². The maximum Gasteiger partial charge on any atom is 0.363 e. The van der Waals surface area contributed by atoms with Gasteiger partial charge in [-0.25, -0.2) is 0 Å². The Hall–Kier alpha value is -1.69. The zero-order valence-corrected chi connectivity index (χ0v) is 10.0. The summed E-state index contributed by atoms with van der Waals surface area (Å²) < 4.78 is 5.40. The van der Waals surface area contributed by atoms with Gasteiger partial charge >= 0.3 is 5.82 Å². The Morgan fingerprint density at radius 1 is 1.53 bits per heavy atom. The largest absolute Gasteiger partial charge is 0.490 e. The lowest BCUT2D eigenvalue weighted by Gasteiger charge is -2.08. The molecule has 0 radical (unpaired) electrons. The second-order valence-electron chi connectivity index (χ2n) is 3.92. The molecule has 0 saturated heterocycles. The van der Waals surface area contributed by atoms with Crippen LogP contribution < -0.4 is 10.1 Å². The first-order valence-corrected chi connectivity index (χ1v) is 5.56. The fourth-order valence-corrected chi connectivity index (χ4v) is 1.22. The number of pyridine rings is 1. The van der Waals surface area contributed by atoms with Crippen LogP contribution in [0.25, 0.3) is 0 Å². The molecule has 1 rings (SSSR count). The Labute approximate surface area is 100 Å². The van der Waals surface area contributed by atoms with Crippen LogP contribution in [0.1, 0.15) is 20.3 Å². The van der Waals surface area contributed by atoms with Gasteiger partial charge in [-0.1, -0.05) is 13.8 Å². The smallest absolute Gasteiger partial charge is 0.363 e. The lowest BCUT2D eigenvalue weighted by atomic mass is 10.3. The molecular weight excluding hydrogens is 222 g/mol. The summed E-state index contributed by atoms with van der Waals surface area (Å²) >= 11 is 0. The van der Waals surface area contributed by atoms with Crippen molar-refractivity contribution in [3.63, 3.8) is 0 Å². The SMILES string of the molecule is CC(C)NCCCOc1ccc([N+](=O)[O-])nc1. The van der Waals surface area contributed by atoms with Crippen LogP contribution in [0.5, 0.6) is 5.75 Å². The van der Waals surface area contributed by atoms with E-state index in [0.717, 1.165) is 13.0 Å². The van der Waals surface area contributed by atoms with E-state index in [1.807, 2.05) is 0 Å². The molecule has 94 valence electrons. The Morgan fingerprint density at radius 3 is 2.82 bits per heavy atom. The first kappa shape index (κ1) is 13.4. The number of aromatic nitrogens is 1. The van der Waals surface area contributed by atoms with Gasteiger partial charge in [0.2, 0.25) is 0 Å². The van der Waals surface area contributed by atoms with Crippen LogP contribution in [0.15, 0.2) is 18.3 Å². The van der Waals surface area contributed by atoms with Crippen molar-refractivity contribution in [2.45, 2.75) is 26.3 Å². The van der Waals surface area contributed by atoms with Gasteiger partial charge in [-0.2, -0.15) is 0 Å². The molecule has 0 saturated carbocycles. The van der Waals surface area contributed by atoms with Crippen molar-refractivity contribution in [2.75, 3.05) is 13.2 Å². The minimum absolute atomic E-state index is 0.168. The monoisotopic (exact) mass is 239 g/mol. The summed E-state index contributed by atoms with van der Waals surface area (Å²) in [7, 11) is 0. The summed E-state index contributed by atoms with van der Waals surface area (Å²) in [5.74, 6) is 0.388. The highest BCUT2D eigenvalue weighted by atomic mass is 16.6. The lowest BCUT2D eigenvalue weighted by Crippen LogP contribution is -2.24. The number of hydrogen-bond donors (Lipinski definition) is 1. The fraction of sp³-hybridized carbons (Fsp3) is 0.545. The van der Waals surface area contributed by atoms with E-state index in [9.17, 15) is 10.1 Å². The number of rotatable bonds is 7. The number of ether oxygens (including phenoxy) is 1. The average molecular weight is 239 g/mol. The Bertz CT molecular complexity index is 351. The Balaban J connectivity index is 2.25. The molecule has 1 N–H and O–H groups in total. The van der Waals surface area contributed by atoms with E-state index in [1.54, 1.807) is 6.07 Å². The Morgan fingerprint density at radius 2 is 2.29 bits per heavy atom. The van der Waals surface area contributed by atoms with E-state index < -0.39 is 4.92 Å². The summed E-state index contributed by atoms with van der Waals surface area (Å²) in [6.07, 6.45) is 2.25. The molecule has 0 fully saturated rings. The first-order valence-electron chi connectivity index (χ1n) is 5.56. The molecule has 0 aliphatic rings. The quantitative estimate of drug-likeness (QED) is 0.445. The van der Waals surface area contributed by atoms with Crippen molar-refractivity contribution in [1.82, 2.24) is 10.3 Å². The molecule has 0 aliphatic heterocycles. The molecule has 0 amide bonds. The van der Waals surface area contributed by atoms with Crippen molar-refractivity contribution < 1.29 is 9.66 Å². The van der Waals surface area contributed by atoms with E-state index in [-0.39, 0.29) is 5.82 Å². The summed E-state index contributed by atoms with van der Waals surface area (Å²) in [4.78, 5) is 13.5. The molecule has 6 nitrogen and oxygen atoms in total. The van der Waals surface area contributed by atoms with E-state index in [4.69, 9.17) is 4.74 Å². The second-order valence-corrected chi connectivity index (χ2v) is 3.92. The predicted octanol–water partition coefficient (Wildman–Crippen LogP) is 1.76. The zero-order valence-electron chi connectivity index (χ0n) is 10.0. The molecule has 0 unspecified atom stereocenters. The molecule has 0 aromatic carbocycles. The number of hydrogen-bond acceptors (Lipinski definition) is 5. The second kappa shape index (κ2) is 6.80. The van der Waals surface area contributed by atoms with E-state index >= 15 is 0 Å². The normalized spacial score (nSPS) is 10.5. The predicted molar refractivity (Wildman–Crippen MR) is 64.1 cm³/mol. The van der Waals surface area contributed by atoms with Crippen molar-refractivity contribution >= 4 is 5.82 Å². The van der Waals surface area contributed by atoms with Gasteiger partial charge in [-0.15, -0.1) is 0 Å². The van der Waals surface area contributed by atoms with Crippen LogP contribution in [0.4, 0.5) is 5.82 Å². The maximum atomic E-state index is 10.4. The fourth-order valence-electron chi connectivity index (χ4n) is 1.22. The molecule has 6 heteroatoms. The highest BCUT2D eigenvalue weighted by molar-refractivity contribution is 5.26. The molecule has 1 heterocycles. The highest BCUT2D eigenvalue weighted by Gasteiger charge is 2.06. The van der Waals surface area contributed by atoms with Crippen LogP contribution in [-0.2, 0) is 0 Å². The van der Waals surface area contributed by atoms with E-state index in [2.05, 4.69) is 24.1 Å². The van der Waals surface area contributed by atoms with E-state index in [1.165, 1.54) is 12.3 Å². The van der Waals surface area contributed by atoms with Crippen LogP contribution in [0, 0.1) is 10.1 Å². The topological polar surface area (TPSA) is 77.3 Å². The summed E-state index contributed by atoms with van der Waals surface area (Å²) in [5, 5.41) is 13.6. The van der Waals surface area contributed by atoms with Crippen LogP contribution in [0.2, 0.25) is 0 Å². The molecule has 0 spiro atoms. The third kappa shape index (κ3) is 5.26. The van der Waals surface area contributed by atoms with Gasteiger partial charge < -0.3 is 20.2 Å². The van der Waals surface area contributed by atoms with E-state index in [0.29, 0.717) is 18.4 Å². The molecular formula is C11H17N3O3. The minimum Gasteiger partial charge on any atom is -0.490 e. The zero-order chi connectivity index (χ0) is 12.7. The van der Waals surface area contributed by atoms with Crippen molar-refractivity contribution in [1.29, 1.82) is 0 Å². The van der Waals surface area contributed by atoms with Crippen molar-refractivity contribution in [3.05, 3.63) is 28.4 Å². The number of nitro groups is 1. The number of nitrogens with one attached hydrogen (secondary N) is 1. The third-order valence-corrected chi connectivity index (χ3v) is 2.05. The summed E-state index contributed by atoms with van der Waals surface area (Å²) in [5.41, 5.74) is 0. The van der Waals surface area contributed by atoms with Gasteiger partial charge in [0.15, 0.2) is 11.9 Å². The van der Waals surface area contributed by atoms with Crippen molar-refractivity contribution in [2.24, 2.45) is 0 Å². The standard InChI is InChI=1S/C11H17N3O3/c1-9(2)12-6-3-7-17-10-4-5-11(13-8-10)14(15)16/h4-5,8-9,12H,3,6-7H2,1-2H3. The molecule has 1 aromatic rings. The molecule has 0 bridgehead atoms. The average Bonchev–Trinajstić information content (AvgIpc) is 2.29. The van der Waals surface area contributed by atoms with Gasteiger partial charge in [-0.3, -0.25) is 0 Å². The van der Waals surface area contributed by atoms with Crippen LogP contribution >= 0.6 is 0 Å². The van der Waals surface area contributed by atoms with Crippen LogP contribution in [-0.4, -0.2) is 29.1 Å². The molecule has 1 aromatic heterocycles. The Kier molecular flexibility index (Phi) is 5.35. The van der Waals surface area contributed by atoms with Gasteiger partial charge in [0, 0.05) is 12.1 Å². The molecule has 0 aliphatic carbocycles. The molecule has 17 heavy (non-hydrogen) atoms. The van der Waals surface area contributed by atoms with Gasteiger partial charge in [0.25, 0.3) is 0 Å². The van der Waals surface area contributed by atoms with Gasteiger partial charge in [-0.05, 0) is 28.9 Å².